The third-order valence-corrected chi connectivity index (χ3v) is 14.6. The van der Waals surface area contributed by atoms with Gasteiger partial charge in [-0.1, -0.05) is 190 Å². The smallest absolute Gasteiger partial charge is 0.0775 e. The molecule has 10 aromatic carbocycles. The van der Waals surface area contributed by atoms with Crippen molar-refractivity contribution in [2.24, 2.45) is 0 Å². The number of rotatable bonds is 10. The van der Waals surface area contributed by atoms with Gasteiger partial charge in [-0.05, 0) is 127 Å². The Labute approximate surface area is 373 Å². The highest BCUT2D eigenvalue weighted by Gasteiger charge is 2.28. The van der Waals surface area contributed by atoms with Crippen LogP contribution in [0.3, 0.4) is 0 Å². The first-order valence-electron chi connectivity index (χ1n) is 22.2. The maximum absolute atomic E-state index is 2.50. The van der Waals surface area contributed by atoms with E-state index >= 15 is 0 Å². The zero-order valence-electron chi connectivity index (χ0n) is 36.8. The van der Waals surface area contributed by atoms with Crippen LogP contribution in [0, 0.1) is 0 Å². The normalized spacial score (nSPS) is 11.7. The van der Waals surface area contributed by atoms with Gasteiger partial charge in [-0.25, -0.2) is 0 Å². The second kappa shape index (κ2) is 16.6. The van der Waals surface area contributed by atoms with E-state index in [1.165, 1.54) is 65.3 Å². The molecule has 0 fully saturated rings. The molecule has 0 atom stereocenters. The lowest BCUT2D eigenvalue weighted by atomic mass is 9.89. The maximum Gasteiger partial charge on any atom is 0.0775 e. The molecule has 10 rings (SSSR count). The van der Waals surface area contributed by atoms with E-state index in [9.17, 15) is 0 Å². The molecule has 0 heterocycles. The number of benzene rings is 10. The second-order valence-electron chi connectivity index (χ2n) is 18.0. The highest BCUT2D eigenvalue weighted by molar-refractivity contribution is 6.88. The molecule has 0 aromatic heterocycles. The lowest BCUT2D eigenvalue weighted by Gasteiger charge is -2.35. The largest absolute Gasteiger partial charge is 0.310 e. The minimum absolute atomic E-state index is 0.252. The summed E-state index contributed by atoms with van der Waals surface area (Å²) in [4.78, 5) is 4.99. The lowest BCUT2D eigenvalue weighted by molar-refractivity contribution is 0.866. The summed E-state index contributed by atoms with van der Waals surface area (Å²) in [5.74, 6) is 0.252. The van der Waals surface area contributed by atoms with Gasteiger partial charge in [-0.15, -0.1) is 0 Å². The van der Waals surface area contributed by atoms with Crippen molar-refractivity contribution < 1.29 is 0 Å². The molecule has 0 spiro atoms. The quantitative estimate of drug-likeness (QED) is 0.100. The van der Waals surface area contributed by atoms with E-state index in [1.54, 1.807) is 0 Å². The molecule has 306 valence electrons. The van der Waals surface area contributed by atoms with Crippen LogP contribution in [-0.2, 0) is 0 Å². The molecule has 2 nitrogen and oxygen atoms in total. The molecule has 0 aliphatic carbocycles. The summed E-state index contributed by atoms with van der Waals surface area (Å²) < 4.78 is 0. The van der Waals surface area contributed by atoms with Crippen LogP contribution in [0.1, 0.15) is 25.3 Å². The summed E-state index contributed by atoms with van der Waals surface area (Å²) >= 11 is 0. The first-order chi connectivity index (χ1) is 30.7. The summed E-state index contributed by atoms with van der Waals surface area (Å²) in [5, 5.41) is 8.80. The molecule has 0 aliphatic heterocycles. The third kappa shape index (κ3) is 7.71. The topological polar surface area (TPSA) is 6.48 Å². The molecule has 0 radical (unpaired) electrons. The van der Waals surface area contributed by atoms with Gasteiger partial charge in [0.05, 0.1) is 19.4 Å². The maximum atomic E-state index is 2.50. The number of anilines is 6. The minimum Gasteiger partial charge on any atom is -0.310 e. The number of hydrogen-bond acceptors (Lipinski definition) is 2. The molecule has 0 saturated heterocycles. The molecule has 0 amide bonds. The van der Waals surface area contributed by atoms with Gasteiger partial charge in [0, 0.05) is 28.3 Å². The molecule has 0 saturated carbocycles. The van der Waals surface area contributed by atoms with Crippen molar-refractivity contribution in [2.75, 3.05) is 9.80 Å². The van der Waals surface area contributed by atoms with Gasteiger partial charge in [0.15, 0.2) is 0 Å². The zero-order chi connectivity index (χ0) is 43.1. The van der Waals surface area contributed by atoms with Gasteiger partial charge in [0.1, 0.15) is 0 Å². The molecular formula is C60H52N2Si. The van der Waals surface area contributed by atoms with Gasteiger partial charge in [0.25, 0.3) is 0 Å². The molecule has 0 aliphatic rings. The summed E-state index contributed by atoms with van der Waals surface area (Å²) in [6.07, 6.45) is 0. The van der Waals surface area contributed by atoms with Crippen LogP contribution in [0.2, 0.25) is 19.6 Å². The van der Waals surface area contributed by atoms with Gasteiger partial charge >= 0.3 is 0 Å². The van der Waals surface area contributed by atoms with E-state index in [0.717, 1.165) is 34.1 Å². The van der Waals surface area contributed by atoms with Crippen LogP contribution >= 0.6 is 0 Å². The molecule has 0 N–H and O–H groups in total. The predicted molar refractivity (Wildman–Crippen MR) is 276 cm³/mol. The van der Waals surface area contributed by atoms with E-state index in [4.69, 9.17) is 0 Å². The van der Waals surface area contributed by atoms with Crippen LogP contribution in [0.5, 0.6) is 0 Å². The van der Waals surface area contributed by atoms with Crippen LogP contribution in [-0.4, -0.2) is 8.07 Å². The van der Waals surface area contributed by atoms with E-state index in [1.807, 2.05) is 0 Å². The first kappa shape index (κ1) is 39.9. The van der Waals surface area contributed by atoms with Crippen molar-refractivity contribution in [3.05, 3.63) is 224 Å². The van der Waals surface area contributed by atoms with Crippen LogP contribution in [0.4, 0.5) is 34.1 Å². The molecule has 10 aromatic rings. The number of para-hydroxylation sites is 2. The van der Waals surface area contributed by atoms with E-state index in [0.29, 0.717) is 0 Å². The Bertz CT molecular complexity index is 3220. The van der Waals surface area contributed by atoms with Gasteiger partial charge < -0.3 is 9.80 Å². The van der Waals surface area contributed by atoms with Crippen LogP contribution < -0.4 is 15.0 Å². The summed E-state index contributed by atoms with van der Waals surface area (Å²) in [6.45, 7) is 11.9. The van der Waals surface area contributed by atoms with Crippen LogP contribution in [0.15, 0.2) is 218 Å². The molecule has 63 heavy (non-hydrogen) atoms. The van der Waals surface area contributed by atoms with Crippen molar-refractivity contribution in [3.63, 3.8) is 0 Å². The second-order valence-corrected chi connectivity index (χ2v) is 23.1. The highest BCUT2D eigenvalue weighted by atomic mass is 28.3. The predicted octanol–water partition coefficient (Wildman–Crippen LogP) is 17.1. The van der Waals surface area contributed by atoms with Gasteiger partial charge in [-0.2, -0.15) is 0 Å². The average molecular weight is 829 g/mol. The number of fused-ring (bicyclic) bond motifs is 4. The first-order valence-corrected chi connectivity index (χ1v) is 25.7. The Kier molecular flexibility index (Phi) is 10.5. The SMILES string of the molecule is CC(C)c1cc(N(c2ccccc2)c2ccc([Si](C)(C)C)cc2)c(-c2cccc3c2ccc2ccccc23)c(N(c2ccccc2)c2ccc3ccc(-c4ccccc4)cc3c2)c1. The Morgan fingerprint density at radius 1 is 0.365 bits per heavy atom. The fourth-order valence-corrected chi connectivity index (χ4v) is 10.3. The van der Waals surface area contributed by atoms with Crippen LogP contribution in [0.25, 0.3) is 54.6 Å². The summed E-state index contributed by atoms with van der Waals surface area (Å²) in [7, 11) is -1.56. The highest BCUT2D eigenvalue weighted by Crippen LogP contribution is 2.52. The molecular weight excluding hydrogens is 777 g/mol. The van der Waals surface area contributed by atoms with Crippen molar-refractivity contribution in [3.8, 4) is 22.3 Å². The molecule has 3 heteroatoms. The van der Waals surface area contributed by atoms with E-state index in [2.05, 4.69) is 262 Å². The summed E-state index contributed by atoms with van der Waals surface area (Å²) in [6, 6.07) is 80.9. The van der Waals surface area contributed by atoms with Crippen molar-refractivity contribution in [2.45, 2.75) is 39.4 Å². The molecule has 0 unspecified atom stereocenters. The van der Waals surface area contributed by atoms with Crippen molar-refractivity contribution in [1.29, 1.82) is 0 Å². The van der Waals surface area contributed by atoms with Gasteiger partial charge in [0.2, 0.25) is 0 Å². The Hall–Kier alpha value is -7.20. The standard InChI is InChI=1S/C60H52N2Si/c1-42(2)47-40-58(61(49-21-11-7-12-22-49)51-33-35-53(36-34-51)63(3,4)5)60(57-27-17-26-55-54-25-16-15-20-45(54)31-37-56(55)57)59(41-47)62(50-23-13-8-14-24-50)52-32-30-44-28-29-46(38-48(44)39-52)43-18-9-6-10-19-43/h6-42H,1-5H3. The van der Waals surface area contributed by atoms with E-state index in [-0.39, 0.29) is 5.92 Å². The zero-order valence-corrected chi connectivity index (χ0v) is 37.8. The lowest BCUT2D eigenvalue weighted by Crippen LogP contribution is -2.37. The Morgan fingerprint density at radius 3 is 1.56 bits per heavy atom. The third-order valence-electron chi connectivity index (χ3n) is 12.5. The van der Waals surface area contributed by atoms with Gasteiger partial charge in [-0.3, -0.25) is 0 Å². The Morgan fingerprint density at radius 2 is 0.905 bits per heavy atom. The number of hydrogen-bond donors (Lipinski definition) is 0. The number of nitrogens with zero attached hydrogens (tertiary/aromatic N) is 2. The fourth-order valence-electron chi connectivity index (χ4n) is 9.16. The minimum atomic E-state index is -1.56. The fraction of sp³-hybridized carbons (Fsp3) is 0.100. The van der Waals surface area contributed by atoms with E-state index < -0.39 is 8.07 Å². The molecule has 0 bridgehead atoms. The van der Waals surface area contributed by atoms with Crippen molar-refractivity contribution >= 4 is 79.7 Å². The monoisotopic (exact) mass is 828 g/mol. The van der Waals surface area contributed by atoms with Crippen molar-refractivity contribution in [1.82, 2.24) is 0 Å². The average Bonchev–Trinajstić information content (AvgIpc) is 3.32. The Balaban J connectivity index is 1.32. The summed E-state index contributed by atoms with van der Waals surface area (Å²) in [5.41, 5.74) is 12.7.